The Morgan fingerprint density at radius 2 is 2.26 bits per heavy atom. The molecule has 4 nitrogen and oxygen atoms in total. The Hall–Kier alpha value is -1.81. The first-order valence-corrected chi connectivity index (χ1v) is 6.34. The van der Waals surface area contributed by atoms with Gasteiger partial charge < -0.3 is 14.7 Å². The zero-order valence-electron chi connectivity index (χ0n) is 11.5. The Balaban J connectivity index is 2.58. The molecule has 1 amide bonds. The third-order valence-corrected chi connectivity index (χ3v) is 3.66. The number of carbonyl (C=O) groups excluding carboxylic acids is 1. The molecule has 1 aromatic rings. The average Bonchev–Trinajstić information content (AvgIpc) is 2.54. The van der Waals surface area contributed by atoms with Gasteiger partial charge >= 0.3 is 0 Å². The molecule has 0 unspecified atom stereocenters. The number of hydrogen-bond donors (Lipinski definition) is 1. The molecule has 19 heavy (non-hydrogen) atoms. The fraction of sp³-hybridized carbons (Fsp3) is 0.400. The molecule has 1 atom stereocenters. The Bertz CT molecular complexity index is 522. The number of carbonyl (C=O) groups is 1. The molecular formula is C15H19NO3. The van der Waals surface area contributed by atoms with Crippen molar-refractivity contribution in [3.8, 4) is 5.75 Å². The van der Waals surface area contributed by atoms with Crippen LogP contribution in [0.4, 0.5) is 0 Å². The van der Waals surface area contributed by atoms with E-state index in [-0.39, 0.29) is 18.6 Å². The van der Waals surface area contributed by atoms with Crippen LogP contribution in [0.2, 0.25) is 0 Å². The summed E-state index contributed by atoms with van der Waals surface area (Å²) in [7, 11) is 3.34. The number of aliphatic hydroxyl groups excluding tert-OH is 1. The lowest BCUT2D eigenvalue weighted by Crippen LogP contribution is -2.39. The summed E-state index contributed by atoms with van der Waals surface area (Å²) in [6.45, 7) is 1.81. The second kappa shape index (κ2) is 5.45. The van der Waals surface area contributed by atoms with Crippen molar-refractivity contribution >= 4 is 11.5 Å². The molecule has 1 N–H and O–H groups in total. The van der Waals surface area contributed by atoms with Crippen molar-refractivity contribution in [1.82, 2.24) is 4.90 Å². The number of amides is 1. The lowest BCUT2D eigenvalue weighted by atomic mass is 9.97. The topological polar surface area (TPSA) is 49.8 Å². The Morgan fingerprint density at radius 3 is 2.84 bits per heavy atom. The van der Waals surface area contributed by atoms with Crippen LogP contribution < -0.4 is 4.74 Å². The largest absolute Gasteiger partial charge is 0.497 e. The molecular weight excluding hydrogens is 242 g/mol. The number of rotatable bonds is 2. The number of likely N-dealkylation sites (N-methyl/N-ethyl adjacent to an activating group) is 1. The zero-order chi connectivity index (χ0) is 14.0. The Morgan fingerprint density at radius 1 is 1.53 bits per heavy atom. The van der Waals surface area contributed by atoms with Crippen molar-refractivity contribution in [3.05, 3.63) is 35.4 Å². The van der Waals surface area contributed by atoms with E-state index < -0.39 is 0 Å². The van der Waals surface area contributed by atoms with Gasteiger partial charge in [-0.3, -0.25) is 4.79 Å². The van der Waals surface area contributed by atoms with Crippen molar-refractivity contribution in [2.45, 2.75) is 19.4 Å². The van der Waals surface area contributed by atoms with Crippen LogP contribution in [-0.4, -0.2) is 42.7 Å². The van der Waals surface area contributed by atoms with E-state index in [2.05, 4.69) is 0 Å². The summed E-state index contributed by atoms with van der Waals surface area (Å²) in [5, 5.41) is 9.45. The first-order valence-electron chi connectivity index (χ1n) is 6.34. The molecule has 0 saturated carbocycles. The maximum atomic E-state index is 12.4. The van der Waals surface area contributed by atoms with Crippen molar-refractivity contribution < 1.29 is 14.6 Å². The van der Waals surface area contributed by atoms with Crippen molar-refractivity contribution in [2.24, 2.45) is 0 Å². The molecule has 0 fully saturated rings. The van der Waals surface area contributed by atoms with Crippen LogP contribution in [0.25, 0.3) is 5.57 Å². The van der Waals surface area contributed by atoms with Gasteiger partial charge in [-0.25, -0.2) is 0 Å². The maximum absolute atomic E-state index is 12.4. The summed E-state index contributed by atoms with van der Waals surface area (Å²) in [5.41, 5.74) is 2.62. The van der Waals surface area contributed by atoms with E-state index in [9.17, 15) is 9.90 Å². The van der Waals surface area contributed by atoms with E-state index >= 15 is 0 Å². The van der Waals surface area contributed by atoms with Gasteiger partial charge in [0.05, 0.1) is 19.8 Å². The minimum atomic E-state index is -0.183. The second-order valence-corrected chi connectivity index (χ2v) is 4.68. The highest BCUT2D eigenvalue weighted by Gasteiger charge is 2.29. The predicted molar refractivity (Wildman–Crippen MR) is 74.0 cm³/mol. The van der Waals surface area contributed by atoms with Gasteiger partial charge in [0, 0.05) is 12.6 Å². The van der Waals surface area contributed by atoms with Gasteiger partial charge in [0.15, 0.2) is 0 Å². The van der Waals surface area contributed by atoms with Crippen LogP contribution in [0.15, 0.2) is 24.3 Å². The number of allylic oxidation sites excluding steroid dienone is 1. The minimum Gasteiger partial charge on any atom is -0.497 e. The van der Waals surface area contributed by atoms with Crippen LogP contribution in [-0.2, 0) is 11.2 Å². The smallest absolute Gasteiger partial charge is 0.254 e. The first kappa shape index (κ1) is 13.6. The van der Waals surface area contributed by atoms with E-state index in [0.29, 0.717) is 12.0 Å². The van der Waals surface area contributed by atoms with Gasteiger partial charge in [-0.1, -0.05) is 12.1 Å². The number of ether oxygens (including phenoxy) is 1. The van der Waals surface area contributed by atoms with E-state index in [4.69, 9.17) is 4.74 Å². The summed E-state index contributed by atoms with van der Waals surface area (Å²) in [5.74, 6) is 0.671. The molecule has 102 valence electrons. The number of aliphatic hydroxyl groups is 1. The second-order valence-electron chi connectivity index (χ2n) is 4.68. The first-order chi connectivity index (χ1) is 9.12. The number of methoxy groups -OCH3 is 1. The third-order valence-electron chi connectivity index (χ3n) is 3.66. The van der Waals surface area contributed by atoms with Crippen molar-refractivity contribution in [1.29, 1.82) is 0 Å². The molecule has 1 aliphatic heterocycles. The van der Waals surface area contributed by atoms with E-state index in [1.165, 1.54) is 0 Å². The van der Waals surface area contributed by atoms with Crippen LogP contribution in [0, 0.1) is 0 Å². The standard InChI is InChI=1S/C15H19NO3/c1-4-13-14-8-12(19-3)6-5-10(14)7-11(9-17)16(2)15(13)18/h4-6,8,11,17H,7,9H2,1-3H3/b13-4+/t11-/m1/s1. The van der Waals surface area contributed by atoms with Gasteiger partial charge in [0.1, 0.15) is 5.75 Å². The van der Waals surface area contributed by atoms with Crippen LogP contribution in [0.1, 0.15) is 18.1 Å². The third kappa shape index (κ3) is 2.36. The summed E-state index contributed by atoms with van der Waals surface area (Å²) >= 11 is 0. The number of nitrogens with zero attached hydrogens (tertiary/aromatic N) is 1. The molecule has 0 saturated heterocycles. The molecule has 1 heterocycles. The van der Waals surface area contributed by atoms with Crippen molar-refractivity contribution in [2.75, 3.05) is 20.8 Å². The van der Waals surface area contributed by atoms with E-state index in [1.54, 1.807) is 19.1 Å². The predicted octanol–water partition coefficient (Wildman–Crippen LogP) is 1.47. The summed E-state index contributed by atoms with van der Waals surface area (Å²) < 4.78 is 5.23. The van der Waals surface area contributed by atoms with Gasteiger partial charge in [-0.15, -0.1) is 0 Å². The zero-order valence-corrected chi connectivity index (χ0v) is 11.5. The molecule has 0 aliphatic carbocycles. The highest BCUT2D eigenvalue weighted by molar-refractivity contribution is 6.20. The van der Waals surface area contributed by atoms with E-state index in [0.717, 1.165) is 16.9 Å². The van der Waals surface area contributed by atoms with Crippen LogP contribution in [0.3, 0.4) is 0 Å². The quantitative estimate of drug-likeness (QED) is 0.820. The molecule has 0 bridgehead atoms. The lowest BCUT2D eigenvalue weighted by molar-refractivity contribution is -0.126. The fourth-order valence-electron chi connectivity index (χ4n) is 2.44. The normalized spacial score (nSPS) is 21.3. The van der Waals surface area contributed by atoms with Gasteiger partial charge in [-0.2, -0.15) is 0 Å². The molecule has 0 spiro atoms. The van der Waals surface area contributed by atoms with Gasteiger partial charge in [0.2, 0.25) is 0 Å². The molecule has 4 heteroatoms. The molecule has 0 radical (unpaired) electrons. The molecule has 2 rings (SSSR count). The van der Waals surface area contributed by atoms with Crippen molar-refractivity contribution in [3.63, 3.8) is 0 Å². The summed E-state index contributed by atoms with van der Waals surface area (Å²) in [6.07, 6.45) is 2.46. The maximum Gasteiger partial charge on any atom is 0.254 e. The van der Waals surface area contributed by atoms with Gasteiger partial charge in [0.25, 0.3) is 5.91 Å². The Kier molecular flexibility index (Phi) is 3.90. The number of hydrogen-bond acceptors (Lipinski definition) is 3. The minimum absolute atomic E-state index is 0.0370. The molecule has 0 aromatic heterocycles. The summed E-state index contributed by atoms with van der Waals surface area (Å²) in [4.78, 5) is 14.0. The van der Waals surface area contributed by atoms with E-state index in [1.807, 2.05) is 31.2 Å². The van der Waals surface area contributed by atoms with Crippen LogP contribution >= 0.6 is 0 Å². The monoisotopic (exact) mass is 261 g/mol. The van der Waals surface area contributed by atoms with Crippen LogP contribution in [0.5, 0.6) is 5.75 Å². The number of benzene rings is 1. The average molecular weight is 261 g/mol. The highest BCUT2D eigenvalue weighted by atomic mass is 16.5. The summed E-state index contributed by atoms with van der Waals surface area (Å²) in [6, 6.07) is 5.55. The fourth-order valence-corrected chi connectivity index (χ4v) is 2.44. The Labute approximate surface area is 113 Å². The molecule has 1 aromatic carbocycles. The number of fused-ring (bicyclic) bond motifs is 1. The van der Waals surface area contributed by atoms with Gasteiger partial charge in [-0.05, 0) is 36.6 Å². The lowest BCUT2D eigenvalue weighted by Gasteiger charge is -2.24. The molecule has 1 aliphatic rings. The highest BCUT2D eigenvalue weighted by Crippen LogP contribution is 2.30. The SMILES string of the molecule is C/C=C1/C(=O)N(C)[C@@H](CO)Cc2ccc(OC)cc21.